The van der Waals surface area contributed by atoms with E-state index in [1.807, 2.05) is 0 Å². The van der Waals surface area contributed by atoms with Gasteiger partial charge in [0.2, 0.25) is 5.91 Å². The molecule has 2 nitrogen and oxygen atoms in total. The van der Waals surface area contributed by atoms with Gasteiger partial charge in [-0.25, -0.2) is 8.78 Å². The molecule has 0 saturated carbocycles. The predicted molar refractivity (Wildman–Crippen MR) is 33.9 cm³/mol. The minimum absolute atomic E-state index is 0.440. The highest BCUT2D eigenvalue weighted by atomic mass is 19.3. The van der Waals surface area contributed by atoms with Gasteiger partial charge in [-0.15, -0.1) is 0 Å². The molecule has 0 aliphatic heterocycles. The van der Waals surface area contributed by atoms with Crippen molar-refractivity contribution >= 4 is 5.91 Å². The van der Waals surface area contributed by atoms with Crippen molar-refractivity contribution in [2.75, 3.05) is 0 Å². The van der Waals surface area contributed by atoms with Crippen LogP contribution in [0.2, 0.25) is 0 Å². The maximum atomic E-state index is 12.0. The van der Waals surface area contributed by atoms with Gasteiger partial charge in [0.25, 0.3) is 6.43 Å². The Balaban J connectivity index is 3.99. The quantitative estimate of drug-likeness (QED) is 0.630. The van der Waals surface area contributed by atoms with Crippen molar-refractivity contribution in [2.24, 2.45) is 0 Å². The molecule has 0 spiro atoms. The topological polar surface area (TPSA) is 29.1 Å². The van der Waals surface area contributed by atoms with E-state index in [-0.39, 0.29) is 0 Å². The maximum absolute atomic E-state index is 12.0. The monoisotopic (exact) mass is 151 g/mol. The summed E-state index contributed by atoms with van der Waals surface area (Å²) in [6.45, 7) is 3.77. The summed E-state index contributed by atoms with van der Waals surface area (Å²) in [5.41, 5.74) is -1.41. The van der Waals surface area contributed by atoms with Crippen LogP contribution >= 0.6 is 0 Å². The normalized spacial score (nSPS) is 11.8. The lowest BCUT2D eigenvalue weighted by Crippen LogP contribution is -2.48. The SMILES string of the molecule is CC(=O)NC(C)(C)C(F)F. The Morgan fingerprint density at radius 2 is 1.90 bits per heavy atom. The molecule has 60 valence electrons. The maximum Gasteiger partial charge on any atom is 0.260 e. The van der Waals surface area contributed by atoms with E-state index in [1.165, 1.54) is 20.8 Å². The Hall–Kier alpha value is -0.670. The van der Waals surface area contributed by atoms with Crippen LogP contribution in [0.25, 0.3) is 0 Å². The number of nitrogens with one attached hydrogen (secondary N) is 1. The van der Waals surface area contributed by atoms with Crippen LogP contribution in [0.1, 0.15) is 20.8 Å². The first kappa shape index (κ1) is 9.33. The van der Waals surface area contributed by atoms with Gasteiger partial charge in [0, 0.05) is 6.92 Å². The van der Waals surface area contributed by atoms with Crippen LogP contribution in [-0.4, -0.2) is 17.9 Å². The number of carbonyl (C=O) groups is 1. The van der Waals surface area contributed by atoms with Gasteiger partial charge >= 0.3 is 0 Å². The summed E-state index contributed by atoms with van der Waals surface area (Å²) in [5, 5.41) is 2.13. The first-order valence-electron chi connectivity index (χ1n) is 2.93. The average molecular weight is 151 g/mol. The Morgan fingerprint density at radius 1 is 1.50 bits per heavy atom. The number of rotatable bonds is 2. The van der Waals surface area contributed by atoms with E-state index in [0.717, 1.165) is 0 Å². The first-order valence-corrected chi connectivity index (χ1v) is 2.93. The van der Waals surface area contributed by atoms with E-state index in [2.05, 4.69) is 5.32 Å². The van der Waals surface area contributed by atoms with Crippen LogP contribution in [0.4, 0.5) is 8.78 Å². The number of halogens is 2. The van der Waals surface area contributed by atoms with Gasteiger partial charge in [0.05, 0.1) is 5.54 Å². The van der Waals surface area contributed by atoms with Crippen LogP contribution in [0, 0.1) is 0 Å². The molecular formula is C6H11F2NO. The van der Waals surface area contributed by atoms with Gasteiger partial charge in [-0.1, -0.05) is 0 Å². The lowest BCUT2D eigenvalue weighted by molar-refractivity contribution is -0.122. The largest absolute Gasteiger partial charge is 0.346 e. The van der Waals surface area contributed by atoms with Gasteiger partial charge in [-0.3, -0.25) is 4.79 Å². The van der Waals surface area contributed by atoms with Gasteiger partial charge in [0.15, 0.2) is 0 Å². The lowest BCUT2D eigenvalue weighted by atomic mass is 10.1. The minimum Gasteiger partial charge on any atom is -0.346 e. The number of carbonyl (C=O) groups excluding carboxylic acids is 1. The number of alkyl halides is 2. The van der Waals surface area contributed by atoms with Crippen LogP contribution in [0.5, 0.6) is 0 Å². The molecule has 4 heteroatoms. The van der Waals surface area contributed by atoms with E-state index in [4.69, 9.17) is 0 Å². The molecule has 0 atom stereocenters. The van der Waals surface area contributed by atoms with Gasteiger partial charge in [0.1, 0.15) is 0 Å². The third kappa shape index (κ3) is 2.75. The highest BCUT2D eigenvalue weighted by Gasteiger charge is 2.29. The number of amides is 1. The van der Waals surface area contributed by atoms with E-state index < -0.39 is 17.9 Å². The first-order chi connectivity index (χ1) is 4.36. The fourth-order valence-corrected chi connectivity index (χ4v) is 0.508. The Kier molecular flexibility index (Phi) is 2.75. The minimum atomic E-state index is -2.53. The molecule has 0 fully saturated rings. The van der Waals surface area contributed by atoms with Gasteiger partial charge < -0.3 is 5.32 Å². The zero-order valence-corrected chi connectivity index (χ0v) is 6.24. The fourth-order valence-electron chi connectivity index (χ4n) is 0.508. The number of hydrogen-bond donors (Lipinski definition) is 1. The van der Waals surface area contributed by atoms with Crippen LogP contribution < -0.4 is 5.32 Å². The summed E-state index contributed by atoms with van der Waals surface area (Å²) >= 11 is 0. The highest BCUT2D eigenvalue weighted by Crippen LogP contribution is 2.13. The molecule has 0 radical (unpaired) electrons. The Bertz CT molecular complexity index is 134. The molecule has 0 heterocycles. The van der Waals surface area contributed by atoms with Crippen molar-refractivity contribution in [3.05, 3.63) is 0 Å². The van der Waals surface area contributed by atoms with E-state index in [0.29, 0.717) is 0 Å². The van der Waals surface area contributed by atoms with Crippen LogP contribution in [0.3, 0.4) is 0 Å². The summed E-state index contributed by atoms with van der Waals surface area (Å²) < 4.78 is 23.9. The molecule has 0 bridgehead atoms. The molecule has 0 aliphatic rings. The molecule has 0 saturated heterocycles. The second-order valence-electron chi connectivity index (χ2n) is 2.70. The van der Waals surface area contributed by atoms with Crippen molar-refractivity contribution in [1.82, 2.24) is 5.32 Å². The zero-order valence-electron chi connectivity index (χ0n) is 6.24. The smallest absolute Gasteiger partial charge is 0.260 e. The third-order valence-corrected chi connectivity index (χ3v) is 1.04. The summed E-state index contributed by atoms with van der Waals surface area (Å²) in [5.74, 6) is -0.440. The van der Waals surface area contributed by atoms with Crippen molar-refractivity contribution in [3.8, 4) is 0 Å². The molecule has 0 aromatic carbocycles. The van der Waals surface area contributed by atoms with Crippen LogP contribution in [0.15, 0.2) is 0 Å². The van der Waals surface area contributed by atoms with Crippen molar-refractivity contribution in [1.29, 1.82) is 0 Å². The van der Waals surface area contributed by atoms with Crippen LogP contribution in [-0.2, 0) is 4.79 Å². The zero-order chi connectivity index (χ0) is 8.36. The Morgan fingerprint density at radius 3 is 2.00 bits per heavy atom. The summed E-state index contributed by atoms with van der Waals surface area (Å²) in [6.07, 6.45) is -2.53. The molecule has 0 aliphatic carbocycles. The highest BCUT2D eigenvalue weighted by molar-refractivity contribution is 5.73. The Labute approximate surface area is 58.6 Å². The summed E-state index contributed by atoms with van der Waals surface area (Å²) in [4.78, 5) is 10.3. The molecule has 0 unspecified atom stereocenters. The second kappa shape index (κ2) is 2.94. The molecule has 10 heavy (non-hydrogen) atoms. The molecule has 0 aromatic rings. The number of hydrogen-bond acceptors (Lipinski definition) is 1. The molecular weight excluding hydrogens is 140 g/mol. The summed E-state index contributed by atoms with van der Waals surface area (Å²) in [7, 11) is 0. The lowest BCUT2D eigenvalue weighted by Gasteiger charge is -2.23. The average Bonchev–Trinajstić information content (AvgIpc) is 1.60. The molecule has 1 amide bonds. The van der Waals surface area contributed by atoms with Gasteiger partial charge in [-0.05, 0) is 13.8 Å². The predicted octanol–water partition coefficient (Wildman–Crippen LogP) is 1.17. The standard InChI is InChI=1S/C6H11F2NO/c1-4(10)9-6(2,3)5(7)8/h5H,1-3H3,(H,9,10). The fraction of sp³-hybridized carbons (Fsp3) is 0.833. The van der Waals surface area contributed by atoms with E-state index in [9.17, 15) is 13.6 Å². The van der Waals surface area contributed by atoms with Crippen molar-refractivity contribution in [3.63, 3.8) is 0 Å². The van der Waals surface area contributed by atoms with E-state index in [1.54, 1.807) is 0 Å². The summed E-state index contributed by atoms with van der Waals surface area (Å²) in [6, 6.07) is 0. The van der Waals surface area contributed by atoms with E-state index >= 15 is 0 Å². The van der Waals surface area contributed by atoms with Crippen molar-refractivity contribution in [2.45, 2.75) is 32.7 Å². The third-order valence-electron chi connectivity index (χ3n) is 1.04. The van der Waals surface area contributed by atoms with Crippen molar-refractivity contribution < 1.29 is 13.6 Å². The molecule has 1 N–H and O–H groups in total. The second-order valence-corrected chi connectivity index (χ2v) is 2.70. The molecule has 0 aromatic heterocycles. The molecule has 0 rings (SSSR count). The van der Waals surface area contributed by atoms with Gasteiger partial charge in [-0.2, -0.15) is 0 Å².